The number of ether oxygens (including phenoxy) is 3. The van der Waals surface area contributed by atoms with Crippen molar-refractivity contribution in [2.75, 3.05) is 25.6 Å². The van der Waals surface area contributed by atoms with E-state index in [9.17, 15) is 9.59 Å². The second kappa shape index (κ2) is 9.15. The molecule has 0 unspecified atom stereocenters. The lowest BCUT2D eigenvalue weighted by molar-refractivity contribution is -0.111. The van der Waals surface area contributed by atoms with Gasteiger partial charge in [-0.25, -0.2) is 0 Å². The first kappa shape index (κ1) is 21.3. The minimum Gasteiger partial charge on any atom is -0.497 e. The van der Waals surface area contributed by atoms with Crippen LogP contribution in [0.25, 0.3) is 17.0 Å². The van der Waals surface area contributed by atoms with Gasteiger partial charge in [0.05, 0.1) is 12.8 Å². The zero-order chi connectivity index (χ0) is 23.5. The van der Waals surface area contributed by atoms with Crippen LogP contribution >= 0.6 is 0 Å². The van der Waals surface area contributed by atoms with Gasteiger partial charge in [0.15, 0.2) is 17.3 Å². The Labute approximate surface area is 195 Å². The van der Waals surface area contributed by atoms with Crippen molar-refractivity contribution >= 4 is 34.4 Å². The number of hydrogen-bond acceptors (Lipinski definition) is 6. The molecule has 3 aromatic carbocycles. The molecule has 170 valence electrons. The van der Waals surface area contributed by atoms with E-state index in [4.69, 9.17) is 18.6 Å². The molecule has 7 nitrogen and oxygen atoms in total. The number of carbonyl (C=O) groups is 2. The van der Waals surface area contributed by atoms with Crippen LogP contribution < -0.4 is 19.5 Å². The summed E-state index contributed by atoms with van der Waals surface area (Å²) in [6.45, 7) is 0.876. The number of anilines is 1. The Morgan fingerprint density at radius 3 is 2.50 bits per heavy atom. The molecule has 5 rings (SSSR count). The molecule has 0 spiro atoms. The highest BCUT2D eigenvalue weighted by Crippen LogP contribution is 2.35. The third kappa shape index (κ3) is 4.23. The van der Waals surface area contributed by atoms with Gasteiger partial charge in [0, 0.05) is 17.0 Å². The molecule has 0 fully saturated rings. The van der Waals surface area contributed by atoms with Gasteiger partial charge in [-0.3, -0.25) is 9.59 Å². The number of methoxy groups -OCH3 is 1. The summed E-state index contributed by atoms with van der Waals surface area (Å²) in [6.07, 6.45) is 3.08. The van der Waals surface area contributed by atoms with Gasteiger partial charge in [0.25, 0.3) is 0 Å². The summed E-state index contributed by atoms with van der Waals surface area (Å²) in [6, 6.07) is 19.4. The minimum absolute atomic E-state index is 0.0454. The molecule has 0 bridgehead atoms. The van der Waals surface area contributed by atoms with Gasteiger partial charge < -0.3 is 23.9 Å². The number of fused-ring (bicyclic) bond motifs is 2. The standard InChI is InChI=1S/C27H21NO6/c1-31-19-10-6-17(7-11-19)8-13-24(29)28-25-20-4-2-3-5-21(20)34-27(25)26(30)18-9-12-22-23(16-18)33-15-14-32-22/h2-13,16H,14-15H2,1H3,(H,28,29)/b13-8+. The second-order valence-electron chi connectivity index (χ2n) is 7.59. The van der Waals surface area contributed by atoms with Crippen molar-refractivity contribution < 1.29 is 28.2 Å². The van der Waals surface area contributed by atoms with Gasteiger partial charge in [0.1, 0.15) is 24.5 Å². The fraction of sp³-hybridized carbons (Fsp3) is 0.111. The van der Waals surface area contributed by atoms with Crippen LogP contribution in [0.15, 0.2) is 77.2 Å². The Hall–Kier alpha value is -4.52. The van der Waals surface area contributed by atoms with Crippen LogP contribution in [0.1, 0.15) is 21.7 Å². The lowest BCUT2D eigenvalue weighted by atomic mass is 10.1. The van der Waals surface area contributed by atoms with Crippen LogP contribution in [0.4, 0.5) is 5.69 Å². The van der Waals surface area contributed by atoms with Crippen molar-refractivity contribution in [1.29, 1.82) is 0 Å². The third-order valence-corrected chi connectivity index (χ3v) is 5.40. The zero-order valence-corrected chi connectivity index (χ0v) is 18.4. The molecule has 34 heavy (non-hydrogen) atoms. The van der Waals surface area contributed by atoms with E-state index in [0.29, 0.717) is 46.9 Å². The summed E-state index contributed by atoms with van der Waals surface area (Å²) in [4.78, 5) is 26.1. The number of benzene rings is 3. The van der Waals surface area contributed by atoms with Crippen LogP contribution in [-0.2, 0) is 4.79 Å². The molecule has 1 aliphatic rings. The fourth-order valence-electron chi connectivity index (χ4n) is 3.70. The molecular formula is C27H21NO6. The first-order valence-electron chi connectivity index (χ1n) is 10.7. The SMILES string of the molecule is COc1ccc(/C=C/C(=O)Nc2c(C(=O)c3ccc4c(c3)OCCO4)oc3ccccc23)cc1. The Kier molecular flexibility index (Phi) is 5.74. The summed E-state index contributed by atoms with van der Waals surface area (Å²) in [5.74, 6) is 1.10. The number of nitrogens with one attached hydrogen (secondary N) is 1. The number of hydrogen-bond donors (Lipinski definition) is 1. The van der Waals surface area contributed by atoms with Gasteiger partial charge in [-0.2, -0.15) is 0 Å². The molecule has 1 N–H and O–H groups in total. The third-order valence-electron chi connectivity index (χ3n) is 5.40. The second-order valence-corrected chi connectivity index (χ2v) is 7.59. The van der Waals surface area contributed by atoms with Crippen molar-refractivity contribution in [2.24, 2.45) is 0 Å². The van der Waals surface area contributed by atoms with Gasteiger partial charge in [-0.15, -0.1) is 0 Å². The fourth-order valence-corrected chi connectivity index (χ4v) is 3.70. The Bertz CT molecular complexity index is 1400. The number of amides is 1. The summed E-state index contributed by atoms with van der Waals surface area (Å²) < 4.78 is 22.2. The lowest BCUT2D eigenvalue weighted by Gasteiger charge is -2.18. The topological polar surface area (TPSA) is 87.0 Å². The van der Waals surface area contributed by atoms with Gasteiger partial charge >= 0.3 is 0 Å². The van der Waals surface area contributed by atoms with E-state index < -0.39 is 5.91 Å². The first-order chi connectivity index (χ1) is 16.6. The van der Waals surface area contributed by atoms with Gasteiger partial charge in [-0.05, 0) is 54.1 Å². The molecule has 7 heteroatoms. The largest absolute Gasteiger partial charge is 0.497 e. The molecule has 0 saturated heterocycles. The molecule has 0 atom stereocenters. The lowest BCUT2D eigenvalue weighted by Crippen LogP contribution is -2.16. The predicted octanol–water partition coefficient (Wildman–Crippen LogP) is 5.10. The Balaban J connectivity index is 1.44. The van der Waals surface area contributed by atoms with Crippen LogP contribution in [0.3, 0.4) is 0 Å². The summed E-state index contributed by atoms with van der Waals surface area (Å²) in [5, 5.41) is 3.45. The normalized spacial score (nSPS) is 12.6. The maximum Gasteiger partial charge on any atom is 0.248 e. The monoisotopic (exact) mass is 455 g/mol. The average Bonchev–Trinajstić information content (AvgIpc) is 3.25. The van der Waals surface area contributed by atoms with Crippen molar-refractivity contribution in [1.82, 2.24) is 0 Å². The Morgan fingerprint density at radius 1 is 0.941 bits per heavy atom. The quantitative estimate of drug-likeness (QED) is 0.322. The predicted molar refractivity (Wildman–Crippen MR) is 128 cm³/mol. The van der Waals surface area contributed by atoms with E-state index in [0.717, 1.165) is 11.3 Å². The van der Waals surface area contributed by atoms with Crippen LogP contribution in [-0.4, -0.2) is 32.0 Å². The molecule has 4 aromatic rings. The highest BCUT2D eigenvalue weighted by atomic mass is 16.6. The molecule has 1 aromatic heterocycles. The smallest absolute Gasteiger partial charge is 0.248 e. The maximum absolute atomic E-state index is 13.4. The van der Waals surface area contributed by atoms with Crippen molar-refractivity contribution in [2.45, 2.75) is 0 Å². The number of rotatable bonds is 6. The molecule has 2 heterocycles. The summed E-state index contributed by atoms with van der Waals surface area (Å²) in [5.41, 5.74) is 2.02. The van der Waals surface area contributed by atoms with Crippen molar-refractivity contribution in [3.63, 3.8) is 0 Å². The summed E-state index contributed by atoms with van der Waals surface area (Å²) >= 11 is 0. The molecule has 1 amide bonds. The average molecular weight is 455 g/mol. The van der Waals surface area contributed by atoms with Crippen LogP contribution in [0.2, 0.25) is 0 Å². The maximum atomic E-state index is 13.4. The molecule has 0 saturated carbocycles. The van der Waals surface area contributed by atoms with E-state index in [1.165, 1.54) is 6.08 Å². The van der Waals surface area contributed by atoms with Crippen LogP contribution in [0.5, 0.6) is 17.2 Å². The van der Waals surface area contributed by atoms with Gasteiger partial charge in [0.2, 0.25) is 11.7 Å². The molecule has 1 aliphatic heterocycles. The van der Waals surface area contributed by atoms with Crippen molar-refractivity contribution in [3.05, 3.63) is 89.7 Å². The number of ketones is 1. The molecular weight excluding hydrogens is 434 g/mol. The van der Waals surface area contributed by atoms with Crippen molar-refractivity contribution in [3.8, 4) is 17.2 Å². The zero-order valence-electron chi connectivity index (χ0n) is 18.4. The van der Waals surface area contributed by atoms with Gasteiger partial charge in [-0.1, -0.05) is 24.3 Å². The Morgan fingerprint density at radius 2 is 1.71 bits per heavy atom. The number of carbonyl (C=O) groups excluding carboxylic acids is 2. The van der Waals surface area contributed by atoms with E-state index in [1.54, 1.807) is 49.6 Å². The highest BCUT2D eigenvalue weighted by Gasteiger charge is 2.24. The minimum atomic E-state index is -0.390. The number of furan rings is 1. The van der Waals surface area contributed by atoms with E-state index in [2.05, 4.69) is 5.32 Å². The van der Waals surface area contributed by atoms with E-state index >= 15 is 0 Å². The molecule has 0 radical (unpaired) electrons. The highest BCUT2D eigenvalue weighted by molar-refractivity contribution is 6.18. The first-order valence-corrected chi connectivity index (χ1v) is 10.7. The van der Waals surface area contributed by atoms with E-state index in [-0.39, 0.29) is 11.5 Å². The van der Waals surface area contributed by atoms with Crippen LogP contribution in [0, 0.1) is 0 Å². The number of para-hydroxylation sites is 1. The summed E-state index contributed by atoms with van der Waals surface area (Å²) in [7, 11) is 1.59. The van der Waals surface area contributed by atoms with E-state index in [1.807, 2.05) is 30.3 Å². The molecule has 0 aliphatic carbocycles.